The predicted molar refractivity (Wildman–Crippen MR) is 69.8 cm³/mol. The van der Waals surface area contributed by atoms with Gasteiger partial charge in [0.15, 0.2) is 0 Å². The lowest BCUT2D eigenvalue weighted by molar-refractivity contribution is 0.163. The molecule has 0 radical (unpaired) electrons. The van der Waals surface area contributed by atoms with Crippen LogP contribution >= 0.6 is 35.0 Å². The second kappa shape index (κ2) is 6.61. The Morgan fingerprint density at radius 2 is 2.14 bits per heavy atom. The van der Waals surface area contributed by atoms with E-state index in [1.54, 1.807) is 6.92 Å². The lowest BCUT2D eigenvalue weighted by Crippen LogP contribution is -2.34. The Kier molecular flexibility index (Phi) is 6.68. The number of benzene rings is 1. The maximum absolute atomic E-state index is 9.22. The fourth-order valence-corrected chi connectivity index (χ4v) is 1.71. The Balaban J connectivity index is 0.00000169. The van der Waals surface area contributed by atoms with Gasteiger partial charge >= 0.3 is 0 Å². The minimum absolute atomic E-state index is 0. The fourth-order valence-electron chi connectivity index (χ4n) is 1.11. The third-order valence-electron chi connectivity index (χ3n) is 1.98. The molecule has 0 aliphatic carbocycles. The molecule has 0 aliphatic heterocycles. The van der Waals surface area contributed by atoms with Crippen molar-refractivity contribution in [3.8, 4) is 0 Å². The zero-order valence-corrected chi connectivity index (χ0v) is 11.0. The molecule has 1 aromatic rings. The van der Waals surface area contributed by atoms with Gasteiger partial charge in [0, 0.05) is 9.61 Å². The Bertz CT molecular complexity index is 281. The monoisotopic (exact) mass is 327 g/mol. The normalized spacial score (nSPS) is 14.3. The predicted octanol–water partition coefficient (Wildman–Crippen LogP) is 1.96. The summed E-state index contributed by atoms with van der Waals surface area (Å²) in [6.45, 7) is 1.72. The van der Waals surface area contributed by atoms with Crippen LogP contribution < -0.4 is 5.73 Å². The van der Waals surface area contributed by atoms with Crippen molar-refractivity contribution < 1.29 is 5.11 Å². The van der Waals surface area contributed by atoms with Crippen molar-refractivity contribution in [3.63, 3.8) is 0 Å². The summed E-state index contributed by atoms with van der Waals surface area (Å²) in [6, 6.07) is 8.00. The lowest BCUT2D eigenvalue weighted by atomic mass is 10.0. The van der Waals surface area contributed by atoms with Gasteiger partial charge in [-0.05, 0) is 53.6 Å². The van der Waals surface area contributed by atoms with E-state index in [2.05, 4.69) is 28.7 Å². The minimum Gasteiger partial charge on any atom is -0.392 e. The molecule has 1 rings (SSSR count). The molecule has 2 nitrogen and oxygen atoms in total. The second-order valence-electron chi connectivity index (χ2n) is 3.24. The summed E-state index contributed by atoms with van der Waals surface area (Å²) in [5.74, 6) is 0. The maximum Gasteiger partial charge on any atom is 0.0666 e. The molecule has 0 saturated carbocycles. The van der Waals surface area contributed by atoms with Crippen LogP contribution in [0.2, 0.25) is 0 Å². The van der Waals surface area contributed by atoms with Gasteiger partial charge in [-0.15, -0.1) is 12.4 Å². The SMILES string of the molecule is C[C@@H](O)[C@H](N)Cc1cccc(I)c1.Cl. The summed E-state index contributed by atoms with van der Waals surface area (Å²) in [5.41, 5.74) is 6.93. The average Bonchev–Trinajstić information content (AvgIpc) is 2.04. The van der Waals surface area contributed by atoms with Gasteiger partial charge in [0.25, 0.3) is 0 Å². The largest absolute Gasteiger partial charge is 0.392 e. The highest BCUT2D eigenvalue weighted by atomic mass is 127. The van der Waals surface area contributed by atoms with Crippen LogP contribution in [0.1, 0.15) is 12.5 Å². The topological polar surface area (TPSA) is 46.2 Å². The van der Waals surface area contributed by atoms with E-state index in [0.29, 0.717) is 0 Å². The minimum atomic E-state index is -0.446. The van der Waals surface area contributed by atoms with Crippen LogP contribution in [0.4, 0.5) is 0 Å². The van der Waals surface area contributed by atoms with Crippen molar-refractivity contribution in [2.75, 3.05) is 0 Å². The molecule has 0 aliphatic rings. The first-order valence-corrected chi connectivity index (χ1v) is 5.35. The van der Waals surface area contributed by atoms with Crippen LogP contribution in [0.25, 0.3) is 0 Å². The number of aliphatic hydroxyl groups is 1. The molecule has 0 aromatic heterocycles. The van der Waals surface area contributed by atoms with E-state index in [1.165, 1.54) is 9.13 Å². The quantitative estimate of drug-likeness (QED) is 0.834. The number of hydrogen-bond acceptors (Lipinski definition) is 2. The molecule has 1 aromatic carbocycles. The third-order valence-corrected chi connectivity index (χ3v) is 2.65. The van der Waals surface area contributed by atoms with Crippen LogP contribution in [0, 0.1) is 3.57 Å². The first-order valence-electron chi connectivity index (χ1n) is 4.27. The zero-order chi connectivity index (χ0) is 9.84. The van der Waals surface area contributed by atoms with E-state index < -0.39 is 6.10 Å². The smallest absolute Gasteiger partial charge is 0.0666 e. The van der Waals surface area contributed by atoms with E-state index in [1.807, 2.05) is 18.2 Å². The standard InChI is InChI=1S/C10H14INO.ClH/c1-7(13)10(12)6-8-3-2-4-9(11)5-8;/h2-5,7,10,13H,6,12H2,1H3;1H/t7-,10-;/m1./s1. The molecule has 0 saturated heterocycles. The summed E-state index contributed by atoms with van der Waals surface area (Å²) in [6.07, 6.45) is 0.284. The maximum atomic E-state index is 9.22. The number of rotatable bonds is 3. The van der Waals surface area contributed by atoms with E-state index in [-0.39, 0.29) is 18.4 Å². The summed E-state index contributed by atoms with van der Waals surface area (Å²) in [5, 5.41) is 9.22. The van der Waals surface area contributed by atoms with Gasteiger partial charge in [0.1, 0.15) is 0 Å². The van der Waals surface area contributed by atoms with Crippen molar-refractivity contribution in [1.82, 2.24) is 0 Å². The molecule has 3 N–H and O–H groups in total. The summed E-state index contributed by atoms with van der Waals surface area (Å²) in [4.78, 5) is 0. The summed E-state index contributed by atoms with van der Waals surface area (Å²) in [7, 11) is 0. The van der Waals surface area contributed by atoms with Crippen molar-refractivity contribution >= 4 is 35.0 Å². The van der Waals surface area contributed by atoms with Gasteiger partial charge in [0.2, 0.25) is 0 Å². The number of halogens is 2. The van der Waals surface area contributed by atoms with Crippen molar-refractivity contribution in [1.29, 1.82) is 0 Å². The van der Waals surface area contributed by atoms with E-state index in [4.69, 9.17) is 5.73 Å². The number of nitrogens with two attached hydrogens (primary N) is 1. The molecule has 0 unspecified atom stereocenters. The first-order chi connectivity index (χ1) is 6.09. The molecule has 0 spiro atoms. The molecule has 80 valence electrons. The van der Waals surface area contributed by atoms with Gasteiger partial charge < -0.3 is 10.8 Å². The molecule has 0 bridgehead atoms. The molecular formula is C10H15ClINO. The van der Waals surface area contributed by atoms with E-state index in [9.17, 15) is 5.11 Å². The van der Waals surface area contributed by atoms with Crippen LogP contribution in [0.15, 0.2) is 24.3 Å². The molecule has 2 atom stereocenters. The Morgan fingerprint density at radius 3 is 2.64 bits per heavy atom. The molecule has 14 heavy (non-hydrogen) atoms. The zero-order valence-electron chi connectivity index (χ0n) is 7.98. The Labute approximate surface area is 104 Å². The Hall–Kier alpha value is 0.160. The highest BCUT2D eigenvalue weighted by Gasteiger charge is 2.09. The van der Waals surface area contributed by atoms with E-state index >= 15 is 0 Å². The van der Waals surface area contributed by atoms with Crippen LogP contribution in [0.3, 0.4) is 0 Å². The number of aliphatic hydroxyl groups excluding tert-OH is 1. The van der Waals surface area contributed by atoms with Gasteiger partial charge in [-0.1, -0.05) is 12.1 Å². The van der Waals surface area contributed by atoms with Crippen molar-refractivity contribution in [2.24, 2.45) is 5.73 Å². The number of hydrogen-bond donors (Lipinski definition) is 2. The lowest BCUT2D eigenvalue weighted by Gasteiger charge is -2.14. The molecule has 0 heterocycles. The summed E-state index contributed by atoms with van der Waals surface area (Å²) < 4.78 is 1.20. The van der Waals surface area contributed by atoms with Gasteiger partial charge in [-0.3, -0.25) is 0 Å². The molecule has 0 fully saturated rings. The molecule has 0 amide bonds. The second-order valence-corrected chi connectivity index (χ2v) is 4.48. The van der Waals surface area contributed by atoms with Crippen LogP contribution in [-0.2, 0) is 6.42 Å². The van der Waals surface area contributed by atoms with Gasteiger partial charge in [0.05, 0.1) is 6.10 Å². The highest BCUT2D eigenvalue weighted by Crippen LogP contribution is 2.10. The molecular weight excluding hydrogens is 312 g/mol. The van der Waals surface area contributed by atoms with Gasteiger partial charge in [-0.25, -0.2) is 0 Å². The Morgan fingerprint density at radius 1 is 1.50 bits per heavy atom. The van der Waals surface area contributed by atoms with Crippen molar-refractivity contribution in [3.05, 3.63) is 33.4 Å². The van der Waals surface area contributed by atoms with Gasteiger partial charge in [-0.2, -0.15) is 0 Å². The highest BCUT2D eigenvalue weighted by molar-refractivity contribution is 14.1. The third kappa shape index (κ3) is 4.59. The fraction of sp³-hybridized carbons (Fsp3) is 0.400. The van der Waals surface area contributed by atoms with Crippen LogP contribution in [-0.4, -0.2) is 17.3 Å². The molecule has 4 heteroatoms. The van der Waals surface area contributed by atoms with Crippen molar-refractivity contribution in [2.45, 2.75) is 25.5 Å². The summed E-state index contributed by atoms with van der Waals surface area (Å²) >= 11 is 2.27. The van der Waals surface area contributed by atoms with E-state index in [0.717, 1.165) is 6.42 Å². The first kappa shape index (κ1) is 14.2. The van der Waals surface area contributed by atoms with Crippen LogP contribution in [0.5, 0.6) is 0 Å². The average molecular weight is 328 g/mol.